The Morgan fingerprint density at radius 1 is 0.391 bits per heavy atom. The largest absolute Gasteiger partial charge is 0.228 e. The Morgan fingerprint density at radius 3 is 1.43 bits per heavy atom. The van der Waals surface area contributed by atoms with Crippen molar-refractivity contribution in [3.63, 3.8) is 0 Å². The van der Waals surface area contributed by atoms with Crippen LogP contribution in [0.2, 0.25) is 0 Å². The molecule has 1 heterocycles. The molecule has 0 atom stereocenters. The quantitative estimate of drug-likeness (QED) is 0.184. The van der Waals surface area contributed by atoms with Crippen molar-refractivity contribution < 1.29 is 0 Å². The van der Waals surface area contributed by atoms with Crippen molar-refractivity contribution in [2.75, 3.05) is 0 Å². The van der Waals surface area contributed by atoms with E-state index in [9.17, 15) is 0 Å². The Hall–Kier alpha value is -5.60. The highest BCUT2D eigenvalue weighted by Crippen LogP contribution is 2.36. The molecule has 0 saturated carbocycles. The van der Waals surface area contributed by atoms with Gasteiger partial charge in [-0.3, -0.25) is 0 Å². The summed E-state index contributed by atoms with van der Waals surface area (Å²) in [6, 6.07) is 57.7. The monoisotopic (exact) mass is 592 g/mol. The van der Waals surface area contributed by atoms with Gasteiger partial charge < -0.3 is 0 Å². The zero-order chi connectivity index (χ0) is 31.5. The minimum absolute atomic E-state index is 0.0720. The minimum Gasteiger partial charge on any atom is -0.228 e. The van der Waals surface area contributed by atoms with E-state index < -0.39 is 0 Å². The van der Waals surface area contributed by atoms with Crippen molar-refractivity contribution >= 4 is 0 Å². The molecule has 2 nitrogen and oxygen atoms in total. The Kier molecular flexibility index (Phi) is 7.86. The highest BCUT2D eigenvalue weighted by Gasteiger charge is 2.23. The molecular weight excluding hydrogens is 556 g/mol. The van der Waals surface area contributed by atoms with Crippen LogP contribution >= 0.6 is 0 Å². The van der Waals surface area contributed by atoms with Crippen LogP contribution < -0.4 is 0 Å². The van der Waals surface area contributed by atoms with E-state index in [4.69, 9.17) is 9.97 Å². The first-order valence-electron chi connectivity index (χ1n) is 15.8. The maximum absolute atomic E-state index is 5.06. The molecule has 0 saturated heterocycles. The van der Waals surface area contributed by atoms with Gasteiger partial charge in [-0.2, -0.15) is 0 Å². The van der Waals surface area contributed by atoms with E-state index in [2.05, 4.69) is 148 Å². The van der Waals surface area contributed by atoms with Crippen LogP contribution in [0.1, 0.15) is 30.5 Å². The Bertz CT molecular complexity index is 2040. The fourth-order valence-corrected chi connectivity index (χ4v) is 6.26. The third-order valence-corrected chi connectivity index (χ3v) is 9.04. The average Bonchev–Trinajstić information content (AvgIpc) is 3.13. The third-order valence-electron chi connectivity index (χ3n) is 9.04. The molecule has 7 rings (SSSR count). The van der Waals surface area contributed by atoms with Crippen LogP contribution in [0.25, 0.3) is 56.2 Å². The van der Waals surface area contributed by atoms with E-state index in [0.717, 1.165) is 33.6 Å². The number of benzene rings is 6. The molecule has 2 heteroatoms. The summed E-state index contributed by atoms with van der Waals surface area (Å²) < 4.78 is 0. The van der Waals surface area contributed by atoms with Crippen molar-refractivity contribution in [2.24, 2.45) is 0 Å². The fourth-order valence-electron chi connectivity index (χ4n) is 6.26. The molecule has 7 aromatic rings. The van der Waals surface area contributed by atoms with E-state index in [1.807, 2.05) is 36.4 Å². The van der Waals surface area contributed by atoms with Gasteiger partial charge in [0.05, 0.1) is 11.4 Å². The van der Waals surface area contributed by atoms with Crippen LogP contribution in [0.15, 0.2) is 164 Å². The van der Waals surface area contributed by atoms with Crippen LogP contribution in [0.3, 0.4) is 0 Å². The molecule has 0 aliphatic carbocycles. The zero-order valence-electron chi connectivity index (χ0n) is 26.5. The highest BCUT2D eigenvalue weighted by molar-refractivity contribution is 5.81. The van der Waals surface area contributed by atoms with E-state index in [1.54, 1.807) is 0 Å². The molecule has 0 spiro atoms. The second-order valence-corrected chi connectivity index (χ2v) is 12.3. The molecule has 0 unspecified atom stereocenters. The van der Waals surface area contributed by atoms with E-state index in [-0.39, 0.29) is 5.41 Å². The van der Waals surface area contributed by atoms with Crippen LogP contribution in [0, 0.1) is 6.92 Å². The third kappa shape index (κ3) is 5.78. The minimum atomic E-state index is -0.0720. The number of aromatic nitrogens is 2. The van der Waals surface area contributed by atoms with E-state index in [0.29, 0.717) is 5.82 Å². The van der Waals surface area contributed by atoms with Gasteiger partial charge >= 0.3 is 0 Å². The summed E-state index contributed by atoms with van der Waals surface area (Å²) in [6.45, 7) is 6.80. The summed E-state index contributed by atoms with van der Waals surface area (Å²) in [7, 11) is 0. The average molecular weight is 593 g/mol. The number of hydrogen-bond acceptors (Lipinski definition) is 2. The Labute approximate surface area is 272 Å². The summed E-state index contributed by atoms with van der Waals surface area (Å²) in [5.41, 5.74) is 13.5. The predicted octanol–water partition coefficient (Wildman–Crippen LogP) is 11.4. The molecular formula is C44H36N2. The smallest absolute Gasteiger partial charge is 0.160 e. The lowest BCUT2D eigenvalue weighted by atomic mass is 9.78. The summed E-state index contributed by atoms with van der Waals surface area (Å²) in [5.74, 6) is 0.715. The molecule has 222 valence electrons. The first kappa shape index (κ1) is 29.1. The van der Waals surface area contributed by atoms with Crippen molar-refractivity contribution in [3.05, 3.63) is 180 Å². The second-order valence-electron chi connectivity index (χ2n) is 12.3. The molecule has 0 aliphatic heterocycles. The van der Waals surface area contributed by atoms with Crippen LogP contribution in [0.5, 0.6) is 0 Å². The van der Waals surface area contributed by atoms with Gasteiger partial charge in [-0.25, -0.2) is 9.97 Å². The second kappa shape index (κ2) is 12.4. The lowest BCUT2D eigenvalue weighted by Gasteiger charge is -2.26. The topological polar surface area (TPSA) is 25.8 Å². The van der Waals surface area contributed by atoms with Gasteiger partial charge in [-0.15, -0.1) is 0 Å². The Balaban J connectivity index is 1.25. The first-order valence-corrected chi connectivity index (χ1v) is 15.8. The van der Waals surface area contributed by atoms with Gasteiger partial charge in [-0.1, -0.05) is 166 Å². The lowest BCUT2D eigenvalue weighted by molar-refractivity contribution is 0.641. The van der Waals surface area contributed by atoms with Crippen LogP contribution in [-0.4, -0.2) is 9.97 Å². The molecule has 0 amide bonds. The fraction of sp³-hybridized carbons (Fsp3) is 0.0909. The maximum Gasteiger partial charge on any atom is 0.160 e. The van der Waals surface area contributed by atoms with Crippen molar-refractivity contribution in [2.45, 2.75) is 26.2 Å². The molecule has 46 heavy (non-hydrogen) atoms. The van der Waals surface area contributed by atoms with Crippen molar-refractivity contribution in [3.8, 4) is 56.2 Å². The summed E-state index contributed by atoms with van der Waals surface area (Å²) in [4.78, 5) is 10.1. The summed E-state index contributed by atoms with van der Waals surface area (Å²) in [6.07, 6.45) is 0. The summed E-state index contributed by atoms with van der Waals surface area (Å²) >= 11 is 0. The highest BCUT2D eigenvalue weighted by atomic mass is 14.9. The first-order chi connectivity index (χ1) is 22.5. The SMILES string of the molecule is Cc1c(-c2ccc(C(C)(C)c3ccccc3)cc2)cccc1-c1cccc(-c2nc(-c3ccccc3)cc(-c3ccccc3)n2)c1. The predicted molar refractivity (Wildman–Crippen MR) is 193 cm³/mol. The maximum atomic E-state index is 5.06. The van der Waals surface area contributed by atoms with Gasteiger partial charge in [0, 0.05) is 22.1 Å². The molecule has 0 N–H and O–H groups in total. The number of hydrogen-bond donors (Lipinski definition) is 0. The molecule has 0 radical (unpaired) electrons. The van der Waals surface area contributed by atoms with E-state index in [1.165, 1.54) is 33.4 Å². The lowest BCUT2D eigenvalue weighted by Crippen LogP contribution is -2.18. The van der Waals surface area contributed by atoms with Gasteiger partial charge in [0.15, 0.2) is 5.82 Å². The van der Waals surface area contributed by atoms with Crippen molar-refractivity contribution in [1.29, 1.82) is 0 Å². The normalized spacial score (nSPS) is 11.4. The molecule has 1 aromatic heterocycles. The van der Waals surface area contributed by atoms with E-state index >= 15 is 0 Å². The molecule has 0 fully saturated rings. The summed E-state index contributed by atoms with van der Waals surface area (Å²) in [5, 5.41) is 0. The van der Waals surface area contributed by atoms with Crippen LogP contribution in [-0.2, 0) is 5.41 Å². The number of rotatable bonds is 7. The zero-order valence-corrected chi connectivity index (χ0v) is 26.5. The number of nitrogens with zero attached hydrogens (tertiary/aromatic N) is 2. The Morgan fingerprint density at radius 2 is 0.848 bits per heavy atom. The van der Waals surface area contributed by atoms with Gasteiger partial charge in [0.1, 0.15) is 0 Å². The van der Waals surface area contributed by atoms with Crippen molar-refractivity contribution in [1.82, 2.24) is 9.97 Å². The molecule has 6 aromatic carbocycles. The van der Waals surface area contributed by atoms with Gasteiger partial charge in [-0.05, 0) is 58.0 Å². The molecule has 0 aliphatic rings. The molecule has 0 bridgehead atoms. The van der Waals surface area contributed by atoms with Gasteiger partial charge in [0.25, 0.3) is 0 Å². The van der Waals surface area contributed by atoms with Crippen LogP contribution in [0.4, 0.5) is 0 Å². The van der Waals surface area contributed by atoms with Gasteiger partial charge in [0.2, 0.25) is 0 Å². The standard InChI is InChI=1S/C44H36N2/c1-31-39(32-25-27-38(28-26-32)44(2,3)37-21-11-6-12-22-37)23-14-24-40(31)35-19-13-20-36(29-35)43-45-41(33-15-7-4-8-16-33)30-42(46-43)34-17-9-5-10-18-34/h4-30H,1-3H3.